The van der Waals surface area contributed by atoms with Crippen molar-refractivity contribution in [2.75, 3.05) is 6.54 Å². The summed E-state index contributed by atoms with van der Waals surface area (Å²) in [6, 6.07) is 11.3. The fourth-order valence-electron chi connectivity index (χ4n) is 1.62. The first-order valence-corrected chi connectivity index (χ1v) is 5.52. The molecular weight excluding hydrogens is 182 g/mol. The fourth-order valence-corrected chi connectivity index (χ4v) is 1.62. The van der Waals surface area contributed by atoms with E-state index >= 15 is 0 Å². The van der Waals surface area contributed by atoms with E-state index in [1.807, 2.05) is 0 Å². The SMILES string of the molecule is C.CCCN(Cc1ccccc1)C(C)C. The predicted octanol–water partition coefficient (Wildman–Crippen LogP) is 3.94. The Kier molecular flexibility index (Phi) is 7.06. The molecule has 1 nitrogen and oxygen atoms in total. The molecule has 1 aromatic rings. The van der Waals surface area contributed by atoms with Gasteiger partial charge in [0.2, 0.25) is 0 Å². The van der Waals surface area contributed by atoms with Crippen molar-refractivity contribution in [1.82, 2.24) is 4.90 Å². The van der Waals surface area contributed by atoms with Crippen molar-refractivity contribution in [1.29, 1.82) is 0 Å². The number of hydrogen-bond donors (Lipinski definition) is 0. The summed E-state index contributed by atoms with van der Waals surface area (Å²) in [4.78, 5) is 2.51. The van der Waals surface area contributed by atoms with Crippen molar-refractivity contribution >= 4 is 0 Å². The molecule has 1 aromatic carbocycles. The maximum Gasteiger partial charge on any atom is 0.0236 e. The Morgan fingerprint density at radius 3 is 2.20 bits per heavy atom. The standard InChI is InChI=1S/C13H21N.CH4/c1-4-10-14(12(2)3)11-13-8-6-5-7-9-13;/h5-9,12H,4,10-11H2,1-3H3;1H4. The third-order valence-electron chi connectivity index (χ3n) is 2.47. The third-order valence-corrected chi connectivity index (χ3v) is 2.47. The molecule has 0 atom stereocenters. The molecule has 0 saturated heterocycles. The third kappa shape index (κ3) is 4.98. The van der Waals surface area contributed by atoms with Gasteiger partial charge in [0, 0.05) is 12.6 Å². The molecule has 0 unspecified atom stereocenters. The number of benzene rings is 1. The molecule has 0 aliphatic rings. The van der Waals surface area contributed by atoms with E-state index in [9.17, 15) is 0 Å². The first-order valence-electron chi connectivity index (χ1n) is 5.52. The van der Waals surface area contributed by atoms with E-state index in [0.29, 0.717) is 6.04 Å². The van der Waals surface area contributed by atoms with E-state index < -0.39 is 0 Å². The van der Waals surface area contributed by atoms with Gasteiger partial charge in [-0.2, -0.15) is 0 Å². The minimum absolute atomic E-state index is 0. The van der Waals surface area contributed by atoms with Crippen LogP contribution in [0.2, 0.25) is 0 Å². The largest absolute Gasteiger partial charge is 0.297 e. The van der Waals surface area contributed by atoms with Crippen molar-refractivity contribution in [3.05, 3.63) is 35.9 Å². The molecule has 0 heterocycles. The number of nitrogens with zero attached hydrogens (tertiary/aromatic N) is 1. The highest BCUT2D eigenvalue weighted by Gasteiger charge is 2.07. The van der Waals surface area contributed by atoms with Crippen LogP contribution >= 0.6 is 0 Å². The number of rotatable bonds is 5. The lowest BCUT2D eigenvalue weighted by atomic mass is 10.2. The van der Waals surface area contributed by atoms with E-state index in [-0.39, 0.29) is 7.43 Å². The average Bonchev–Trinajstić information content (AvgIpc) is 2.18. The second kappa shape index (κ2) is 7.47. The Morgan fingerprint density at radius 2 is 1.73 bits per heavy atom. The van der Waals surface area contributed by atoms with Gasteiger partial charge in [0.1, 0.15) is 0 Å². The Bertz CT molecular complexity index is 241. The molecule has 15 heavy (non-hydrogen) atoms. The molecule has 0 fully saturated rings. The lowest BCUT2D eigenvalue weighted by Crippen LogP contribution is -2.30. The first-order chi connectivity index (χ1) is 6.74. The molecule has 0 aliphatic heterocycles. The van der Waals surface area contributed by atoms with Gasteiger partial charge in [0.15, 0.2) is 0 Å². The maximum absolute atomic E-state index is 2.51. The van der Waals surface area contributed by atoms with Gasteiger partial charge in [-0.15, -0.1) is 0 Å². The molecule has 1 heteroatoms. The molecule has 0 radical (unpaired) electrons. The zero-order valence-electron chi connectivity index (χ0n) is 9.53. The smallest absolute Gasteiger partial charge is 0.0236 e. The molecule has 0 saturated carbocycles. The van der Waals surface area contributed by atoms with Gasteiger partial charge in [-0.3, -0.25) is 4.90 Å². The first kappa shape index (κ1) is 14.2. The van der Waals surface area contributed by atoms with Crippen LogP contribution in [0, 0.1) is 0 Å². The summed E-state index contributed by atoms with van der Waals surface area (Å²) in [7, 11) is 0. The van der Waals surface area contributed by atoms with Crippen molar-refractivity contribution < 1.29 is 0 Å². The van der Waals surface area contributed by atoms with Crippen LogP contribution in [0.15, 0.2) is 30.3 Å². The second-order valence-corrected chi connectivity index (χ2v) is 4.05. The minimum Gasteiger partial charge on any atom is -0.297 e. The Balaban J connectivity index is 0.00000196. The molecule has 0 aromatic heterocycles. The molecule has 0 amide bonds. The summed E-state index contributed by atoms with van der Waals surface area (Å²) in [5.74, 6) is 0. The summed E-state index contributed by atoms with van der Waals surface area (Å²) in [6.45, 7) is 9.02. The molecule has 0 aliphatic carbocycles. The van der Waals surface area contributed by atoms with Gasteiger partial charge < -0.3 is 0 Å². The Labute approximate surface area is 95.1 Å². The van der Waals surface area contributed by atoms with Gasteiger partial charge in [-0.1, -0.05) is 44.7 Å². The normalized spacial score (nSPS) is 10.5. The molecule has 0 N–H and O–H groups in total. The van der Waals surface area contributed by atoms with Crippen molar-refractivity contribution in [3.8, 4) is 0 Å². The van der Waals surface area contributed by atoms with E-state index in [2.05, 4.69) is 56.0 Å². The lowest BCUT2D eigenvalue weighted by molar-refractivity contribution is 0.213. The van der Waals surface area contributed by atoms with Gasteiger partial charge in [0.25, 0.3) is 0 Å². The molecule has 86 valence electrons. The van der Waals surface area contributed by atoms with Crippen LogP contribution in [0.5, 0.6) is 0 Å². The van der Waals surface area contributed by atoms with Crippen LogP contribution in [0.3, 0.4) is 0 Å². The fraction of sp³-hybridized carbons (Fsp3) is 0.571. The summed E-state index contributed by atoms with van der Waals surface area (Å²) in [5, 5.41) is 0. The zero-order valence-corrected chi connectivity index (χ0v) is 9.53. The van der Waals surface area contributed by atoms with E-state index in [1.54, 1.807) is 0 Å². The summed E-state index contributed by atoms with van der Waals surface area (Å²) < 4.78 is 0. The molecule has 0 bridgehead atoms. The monoisotopic (exact) mass is 207 g/mol. The second-order valence-electron chi connectivity index (χ2n) is 4.05. The minimum atomic E-state index is 0. The maximum atomic E-state index is 2.51. The highest BCUT2D eigenvalue weighted by Crippen LogP contribution is 2.08. The topological polar surface area (TPSA) is 3.24 Å². The molecule has 0 spiro atoms. The van der Waals surface area contributed by atoms with Crippen molar-refractivity contribution in [2.45, 2.75) is 47.2 Å². The van der Waals surface area contributed by atoms with Crippen LogP contribution in [0.25, 0.3) is 0 Å². The van der Waals surface area contributed by atoms with Gasteiger partial charge in [-0.05, 0) is 32.4 Å². The highest BCUT2D eigenvalue weighted by atomic mass is 15.1. The zero-order chi connectivity index (χ0) is 10.4. The molecular formula is C14H25N. The van der Waals surface area contributed by atoms with Crippen molar-refractivity contribution in [2.24, 2.45) is 0 Å². The highest BCUT2D eigenvalue weighted by molar-refractivity contribution is 5.14. The average molecular weight is 207 g/mol. The lowest BCUT2D eigenvalue weighted by Gasteiger charge is -2.25. The quantitative estimate of drug-likeness (QED) is 0.707. The summed E-state index contributed by atoms with van der Waals surface area (Å²) >= 11 is 0. The Morgan fingerprint density at radius 1 is 1.13 bits per heavy atom. The van der Waals surface area contributed by atoms with Crippen LogP contribution in [0.4, 0.5) is 0 Å². The molecule has 1 rings (SSSR count). The van der Waals surface area contributed by atoms with Gasteiger partial charge in [0.05, 0.1) is 0 Å². The van der Waals surface area contributed by atoms with Crippen LogP contribution in [-0.2, 0) is 6.54 Å². The van der Waals surface area contributed by atoms with E-state index in [4.69, 9.17) is 0 Å². The number of hydrogen-bond acceptors (Lipinski definition) is 1. The van der Waals surface area contributed by atoms with Gasteiger partial charge in [-0.25, -0.2) is 0 Å². The van der Waals surface area contributed by atoms with Crippen LogP contribution < -0.4 is 0 Å². The van der Waals surface area contributed by atoms with Gasteiger partial charge >= 0.3 is 0 Å². The summed E-state index contributed by atoms with van der Waals surface area (Å²) in [6.07, 6.45) is 1.23. The summed E-state index contributed by atoms with van der Waals surface area (Å²) in [5.41, 5.74) is 1.41. The van der Waals surface area contributed by atoms with Crippen LogP contribution in [-0.4, -0.2) is 17.5 Å². The van der Waals surface area contributed by atoms with E-state index in [1.165, 1.54) is 18.5 Å². The van der Waals surface area contributed by atoms with E-state index in [0.717, 1.165) is 6.54 Å². The predicted molar refractivity (Wildman–Crippen MR) is 69.0 cm³/mol. The van der Waals surface area contributed by atoms with Crippen molar-refractivity contribution in [3.63, 3.8) is 0 Å². The Hall–Kier alpha value is -0.820. The van der Waals surface area contributed by atoms with Crippen LogP contribution in [0.1, 0.15) is 40.2 Å².